The van der Waals surface area contributed by atoms with Crippen molar-refractivity contribution in [3.05, 3.63) is 71.2 Å². The molecule has 10 nitrogen and oxygen atoms in total. The van der Waals surface area contributed by atoms with Gasteiger partial charge in [0, 0.05) is 31.2 Å². The molecule has 0 saturated heterocycles. The molecule has 0 radical (unpaired) electrons. The number of aliphatic imine (C=N–C) groups is 1. The van der Waals surface area contributed by atoms with Crippen LogP contribution in [-0.2, 0) is 6.54 Å². The number of aromatic nitrogens is 3. The van der Waals surface area contributed by atoms with Gasteiger partial charge in [-0.15, -0.1) is 0 Å². The maximum atomic E-state index is 14.2. The number of nitrogens with zero attached hydrogens (tertiary/aromatic N) is 6. The largest absolute Gasteiger partial charge is 0.465 e. The molecule has 31 heavy (non-hydrogen) atoms. The molecule has 3 aromatic rings. The quantitative estimate of drug-likeness (QED) is 0.579. The van der Waals surface area contributed by atoms with E-state index in [9.17, 15) is 14.3 Å². The zero-order chi connectivity index (χ0) is 22.3. The predicted molar refractivity (Wildman–Crippen MR) is 112 cm³/mol. The van der Waals surface area contributed by atoms with E-state index in [0.29, 0.717) is 22.3 Å². The van der Waals surface area contributed by atoms with Gasteiger partial charge in [-0.25, -0.2) is 23.8 Å². The van der Waals surface area contributed by atoms with Crippen LogP contribution in [0.1, 0.15) is 17.4 Å². The molecule has 4 rings (SSSR count). The average molecular weight is 424 g/mol. The Kier molecular flexibility index (Phi) is 4.93. The highest BCUT2D eigenvalue weighted by Crippen LogP contribution is 2.32. The number of amides is 1. The lowest BCUT2D eigenvalue weighted by atomic mass is 10.1. The van der Waals surface area contributed by atoms with Crippen LogP contribution in [0.2, 0.25) is 0 Å². The number of hydrogen-bond acceptors (Lipinski definition) is 7. The summed E-state index contributed by atoms with van der Waals surface area (Å²) in [6.45, 7) is 0.175. The Bertz CT molecular complexity index is 1230. The number of nitrogens with two attached hydrogens (primary N) is 2. The minimum Gasteiger partial charge on any atom is -0.465 e. The van der Waals surface area contributed by atoms with Gasteiger partial charge < -0.3 is 21.5 Å². The monoisotopic (exact) mass is 424 g/mol. The van der Waals surface area contributed by atoms with Crippen molar-refractivity contribution in [3.63, 3.8) is 0 Å². The second kappa shape index (κ2) is 7.59. The molecule has 3 heterocycles. The molecule has 0 spiro atoms. The fourth-order valence-electron chi connectivity index (χ4n) is 3.52. The van der Waals surface area contributed by atoms with E-state index >= 15 is 0 Å². The molecule has 0 aliphatic carbocycles. The van der Waals surface area contributed by atoms with Crippen molar-refractivity contribution in [2.75, 3.05) is 14.1 Å². The summed E-state index contributed by atoms with van der Waals surface area (Å²) >= 11 is 0. The Balaban J connectivity index is 1.79. The van der Waals surface area contributed by atoms with Crippen LogP contribution < -0.4 is 11.5 Å². The first-order valence-corrected chi connectivity index (χ1v) is 9.37. The van der Waals surface area contributed by atoms with E-state index < -0.39 is 12.3 Å². The third kappa shape index (κ3) is 3.39. The zero-order valence-corrected chi connectivity index (χ0v) is 16.9. The first-order chi connectivity index (χ1) is 14.8. The number of hydrogen-bond donors (Lipinski definition) is 3. The maximum Gasteiger partial charge on any atom is 0.411 e. The predicted octanol–water partition coefficient (Wildman–Crippen LogP) is 1.66. The van der Waals surface area contributed by atoms with E-state index in [2.05, 4.69) is 15.1 Å². The third-order valence-electron chi connectivity index (χ3n) is 5.17. The second-order valence-corrected chi connectivity index (χ2v) is 7.08. The first-order valence-electron chi connectivity index (χ1n) is 9.37. The van der Waals surface area contributed by atoms with E-state index in [0.717, 1.165) is 4.90 Å². The number of likely N-dealkylation sites (N-methyl/N-ethyl adjacent to an activating group) is 1. The highest BCUT2D eigenvalue weighted by Gasteiger charge is 2.33. The van der Waals surface area contributed by atoms with Gasteiger partial charge in [0.1, 0.15) is 28.9 Å². The van der Waals surface area contributed by atoms with Gasteiger partial charge in [-0.2, -0.15) is 5.10 Å². The van der Waals surface area contributed by atoms with Crippen molar-refractivity contribution in [3.8, 4) is 0 Å². The van der Waals surface area contributed by atoms with E-state index in [1.54, 1.807) is 47.1 Å². The molecule has 0 fully saturated rings. The van der Waals surface area contributed by atoms with Gasteiger partial charge in [0.2, 0.25) is 0 Å². The molecule has 0 saturated carbocycles. The molecule has 1 unspecified atom stereocenters. The lowest BCUT2D eigenvalue weighted by molar-refractivity contribution is 0.166. The molecule has 160 valence electrons. The average Bonchev–Trinajstić information content (AvgIpc) is 3.10. The van der Waals surface area contributed by atoms with Crippen LogP contribution in [0.25, 0.3) is 11.0 Å². The molecule has 1 aromatic carbocycles. The lowest BCUT2D eigenvalue weighted by Crippen LogP contribution is -2.43. The Labute approximate surface area is 176 Å². The van der Waals surface area contributed by atoms with Gasteiger partial charge in [-0.3, -0.25) is 4.90 Å². The van der Waals surface area contributed by atoms with Crippen LogP contribution in [-0.4, -0.2) is 55.7 Å². The third-order valence-corrected chi connectivity index (χ3v) is 5.17. The van der Waals surface area contributed by atoms with Crippen LogP contribution in [0, 0.1) is 5.82 Å². The van der Waals surface area contributed by atoms with Crippen molar-refractivity contribution in [1.82, 2.24) is 24.6 Å². The first kappa shape index (κ1) is 20.1. The fourth-order valence-corrected chi connectivity index (χ4v) is 3.52. The SMILES string of the molecule is CN(C(=O)O)C1=C(N)N(C)C(c2nn(Cc3ccccc3F)c3ncccc23)N=C1N. The van der Waals surface area contributed by atoms with E-state index in [-0.39, 0.29) is 29.7 Å². The number of pyridine rings is 1. The van der Waals surface area contributed by atoms with Gasteiger partial charge in [0.25, 0.3) is 0 Å². The van der Waals surface area contributed by atoms with Gasteiger partial charge in [0.05, 0.1) is 6.54 Å². The van der Waals surface area contributed by atoms with Gasteiger partial charge in [-0.1, -0.05) is 18.2 Å². The highest BCUT2D eigenvalue weighted by molar-refractivity contribution is 6.00. The summed E-state index contributed by atoms with van der Waals surface area (Å²) in [5.41, 5.74) is 13.9. The molecule has 11 heteroatoms. The van der Waals surface area contributed by atoms with Crippen molar-refractivity contribution >= 4 is 23.0 Å². The number of amidine groups is 1. The summed E-state index contributed by atoms with van der Waals surface area (Å²) in [4.78, 5) is 22.7. The van der Waals surface area contributed by atoms with Crippen molar-refractivity contribution in [1.29, 1.82) is 0 Å². The number of benzene rings is 1. The smallest absolute Gasteiger partial charge is 0.411 e. The maximum absolute atomic E-state index is 14.2. The fraction of sp³-hybridized carbons (Fsp3) is 0.200. The number of fused-ring (bicyclic) bond motifs is 1. The molecule has 1 aliphatic rings. The lowest BCUT2D eigenvalue weighted by Gasteiger charge is -2.34. The normalized spacial score (nSPS) is 16.5. The van der Waals surface area contributed by atoms with Crippen molar-refractivity contribution in [2.24, 2.45) is 16.5 Å². The Morgan fingerprint density at radius 3 is 2.71 bits per heavy atom. The summed E-state index contributed by atoms with van der Waals surface area (Å²) in [6, 6.07) is 10.0. The second-order valence-electron chi connectivity index (χ2n) is 7.08. The minimum absolute atomic E-state index is 0.0220. The van der Waals surface area contributed by atoms with Gasteiger partial charge in [-0.05, 0) is 18.2 Å². The zero-order valence-electron chi connectivity index (χ0n) is 16.9. The highest BCUT2D eigenvalue weighted by atomic mass is 19.1. The summed E-state index contributed by atoms with van der Waals surface area (Å²) in [5, 5.41) is 14.7. The standard InChI is InChI=1S/C20H21FN8O2/c1-27(20(30)31)15-16(22)25-19(28(2)17(15)23)14-12-7-5-9-24-18(12)29(26-14)10-11-6-3-4-8-13(11)21/h3-9,19H,10,23H2,1-2H3,(H2,22,25)(H,30,31). The Morgan fingerprint density at radius 1 is 1.26 bits per heavy atom. The van der Waals surface area contributed by atoms with E-state index in [1.807, 2.05) is 6.07 Å². The van der Waals surface area contributed by atoms with Crippen LogP contribution >= 0.6 is 0 Å². The summed E-state index contributed by atoms with van der Waals surface area (Å²) in [6.07, 6.45) is -0.298. The molecule has 1 aliphatic heterocycles. The molecular weight excluding hydrogens is 403 g/mol. The Hall–Kier alpha value is -4.15. The minimum atomic E-state index is -1.22. The van der Waals surface area contributed by atoms with Crippen LogP contribution in [0.3, 0.4) is 0 Å². The molecule has 5 N–H and O–H groups in total. The summed E-state index contributed by atoms with van der Waals surface area (Å²) < 4.78 is 15.8. The van der Waals surface area contributed by atoms with Gasteiger partial charge in [0.15, 0.2) is 11.8 Å². The summed E-state index contributed by atoms with van der Waals surface area (Å²) in [5.74, 6) is -0.219. The molecule has 1 amide bonds. The molecule has 2 aromatic heterocycles. The van der Waals surface area contributed by atoms with Crippen LogP contribution in [0.15, 0.2) is 59.1 Å². The van der Waals surface area contributed by atoms with Crippen LogP contribution in [0.4, 0.5) is 9.18 Å². The summed E-state index contributed by atoms with van der Waals surface area (Å²) in [7, 11) is 3.01. The number of rotatable bonds is 4. The topological polar surface area (TPSA) is 139 Å². The van der Waals surface area contributed by atoms with E-state index in [1.165, 1.54) is 13.1 Å². The number of halogens is 1. The van der Waals surface area contributed by atoms with E-state index in [4.69, 9.17) is 11.5 Å². The van der Waals surface area contributed by atoms with Crippen LogP contribution in [0.5, 0.6) is 0 Å². The molecule has 1 atom stereocenters. The Morgan fingerprint density at radius 2 is 2.00 bits per heavy atom. The van der Waals surface area contributed by atoms with Crippen molar-refractivity contribution < 1.29 is 14.3 Å². The van der Waals surface area contributed by atoms with Crippen molar-refractivity contribution in [2.45, 2.75) is 12.7 Å². The van der Waals surface area contributed by atoms with Gasteiger partial charge >= 0.3 is 6.09 Å². The number of carbonyl (C=O) groups is 1. The molecule has 0 bridgehead atoms. The number of carboxylic acid groups (broad SMARTS) is 1. The molecular formula is C20H21FN8O2.